The normalized spacial score (nSPS) is 18.0. The van der Waals surface area contributed by atoms with Crippen LogP contribution in [0.25, 0.3) is 0 Å². The highest BCUT2D eigenvalue weighted by molar-refractivity contribution is 4.91. The quantitative estimate of drug-likeness (QED) is 0.693. The van der Waals surface area contributed by atoms with E-state index in [1.165, 1.54) is 0 Å². The molecule has 1 N–H and O–H groups in total. The molecule has 0 aromatic rings. The van der Waals surface area contributed by atoms with Crippen LogP contribution in [0, 0.1) is 16.7 Å². The van der Waals surface area contributed by atoms with Gasteiger partial charge in [-0.2, -0.15) is 0 Å². The van der Waals surface area contributed by atoms with Crippen LogP contribution in [0.2, 0.25) is 0 Å². The Morgan fingerprint density at radius 3 is 1.58 bits per heavy atom. The summed E-state index contributed by atoms with van der Waals surface area (Å²) in [7, 11) is 0. The molecule has 0 saturated carbocycles. The summed E-state index contributed by atoms with van der Waals surface area (Å²) < 4.78 is 0. The van der Waals surface area contributed by atoms with Gasteiger partial charge in [-0.05, 0) is 17.8 Å². The van der Waals surface area contributed by atoms with Gasteiger partial charge in [0.25, 0.3) is 0 Å². The average Bonchev–Trinajstić information content (AvgIpc) is 1.87. The first-order valence-corrected chi connectivity index (χ1v) is 4.92. The zero-order chi connectivity index (χ0) is 9.99. The summed E-state index contributed by atoms with van der Waals surface area (Å²) in [6, 6.07) is 0. The van der Waals surface area contributed by atoms with Gasteiger partial charge in [-0.25, -0.2) is 0 Å². The molecule has 1 unspecified atom stereocenters. The Labute approximate surface area is 77.2 Å². The molecule has 1 atom stereocenters. The van der Waals surface area contributed by atoms with Gasteiger partial charge in [0.1, 0.15) is 0 Å². The second-order valence-corrected chi connectivity index (χ2v) is 5.07. The SMILES string of the molecule is CCC(CO)(C(C)C)C(C)(C)C. The van der Waals surface area contributed by atoms with Crippen molar-refractivity contribution in [1.82, 2.24) is 0 Å². The molecular weight excluding hydrogens is 148 g/mol. The summed E-state index contributed by atoms with van der Waals surface area (Å²) in [5.41, 5.74) is 0.262. The standard InChI is InChI=1S/C11H24O/c1-7-11(8-12,9(2)3)10(4,5)6/h9,12H,7-8H2,1-6H3. The van der Waals surface area contributed by atoms with Gasteiger partial charge in [0.2, 0.25) is 0 Å². The van der Waals surface area contributed by atoms with E-state index < -0.39 is 0 Å². The van der Waals surface area contributed by atoms with Crippen molar-refractivity contribution in [3.8, 4) is 0 Å². The van der Waals surface area contributed by atoms with Gasteiger partial charge < -0.3 is 5.11 Å². The topological polar surface area (TPSA) is 20.2 Å². The number of aliphatic hydroxyl groups is 1. The van der Waals surface area contributed by atoms with Crippen LogP contribution in [-0.4, -0.2) is 11.7 Å². The summed E-state index contributed by atoms with van der Waals surface area (Å²) in [5.74, 6) is 0.535. The molecule has 0 aromatic carbocycles. The maximum absolute atomic E-state index is 9.48. The van der Waals surface area contributed by atoms with Gasteiger partial charge >= 0.3 is 0 Å². The van der Waals surface area contributed by atoms with Gasteiger partial charge in [0.05, 0.1) is 0 Å². The lowest BCUT2D eigenvalue weighted by Gasteiger charge is -2.46. The minimum Gasteiger partial charge on any atom is -0.396 e. The molecule has 0 saturated heterocycles. The van der Waals surface area contributed by atoms with Crippen LogP contribution in [0.3, 0.4) is 0 Å². The Bertz CT molecular complexity index is 126. The Morgan fingerprint density at radius 1 is 1.17 bits per heavy atom. The van der Waals surface area contributed by atoms with Crippen LogP contribution in [-0.2, 0) is 0 Å². The lowest BCUT2D eigenvalue weighted by atomic mass is 9.59. The third-order valence-corrected chi connectivity index (χ3v) is 3.51. The molecule has 0 fully saturated rings. The molecule has 1 heteroatoms. The zero-order valence-corrected chi connectivity index (χ0v) is 9.44. The Kier molecular flexibility index (Phi) is 3.77. The smallest absolute Gasteiger partial charge is 0.0494 e. The van der Waals surface area contributed by atoms with Crippen molar-refractivity contribution in [1.29, 1.82) is 0 Å². The molecule has 0 aliphatic carbocycles. The van der Waals surface area contributed by atoms with E-state index in [0.717, 1.165) is 6.42 Å². The number of rotatable bonds is 3. The van der Waals surface area contributed by atoms with Crippen molar-refractivity contribution >= 4 is 0 Å². The van der Waals surface area contributed by atoms with E-state index in [1.54, 1.807) is 0 Å². The first-order chi connectivity index (χ1) is 5.31. The lowest BCUT2D eigenvalue weighted by Crippen LogP contribution is -2.43. The third kappa shape index (κ3) is 1.82. The van der Waals surface area contributed by atoms with Crippen molar-refractivity contribution in [2.24, 2.45) is 16.7 Å². The molecule has 0 radical (unpaired) electrons. The Balaban J connectivity index is 4.83. The highest BCUT2D eigenvalue weighted by Crippen LogP contribution is 2.46. The van der Waals surface area contributed by atoms with E-state index in [-0.39, 0.29) is 10.8 Å². The van der Waals surface area contributed by atoms with Crippen LogP contribution in [0.1, 0.15) is 48.0 Å². The number of aliphatic hydroxyl groups excluding tert-OH is 1. The maximum Gasteiger partial charge on any atom is 0.0494 e. The van der Waals surface area contributed by atoms with Gasteiger partial charge in [-0.3, -0.25) is 0 Å². The summed E-state index contributed by atoms with van der Waals surface area (Å²) >= 11 is 0. The average molecular weight is 172 g/mol. The van der Waals surface area contributed by atoms with Crippen LogP contribution in [0.4, 0.5) is 0 Å². The van der Waals surface area contributed by atoms with Crippen molar-refractivity contribution in [2.75, 3.05) is 6.61 Å². The van der Waals surface area contributed by atoms with Crippen LogP contribution in [0.5, 0.6) is 0 Å². The summed E-state index contributed by atoms with van der Waals surface area (Å²) in [4.78, 5) is 0. The fourth-order valence-electron chi connectivity index (χ4n) is 2.34. The monoisotopic (exact) mass is 172 g/mol. The molecule has 0 spiro atoms. The number of hydrogen-bond acceptors (Lipinski definition) is 1. The Hall–Kier alpha value is -0.0400. The maximum atomic E-state index is 9.48. The van der Waals surface area contributed by atoms with Crippen LogP contribution in [0.15, 0.2) is 0 Å². The molecule has 0 aliphatic heterocycles. The van der Waals surface area contributed by atoms with Crippen molar-refractivity contribution in [3.05, 3.63) is 0 Å². The van der Waals surface area contributed by atoms with Crippen molar-refractivity contribution in [3.63, 3.8) is 0 Å². The van der Waals surface area contributed by atoms with E-state index in [4.69, 9.17) is 0 Å². The molecule has 0 bridgehead atoms. The van der Waals surface area contributed by atoms with E-state index in [1.807, 2.05) is 0 Å². The lowest BCUT2D eigenvalue weighted by molar-refractivity contribution is -0.0299. The van der Waals surface area contributed by atoms with Crippen molar-refractivity contribution < 1.29 is 5.11 Å². The van der Waals surface area contributed by atoms with Gasteiger partial charge in [0, 0.05) is 12.0 Å². The summed E-state index contributed by atoms with van der Waals surface area (Å²) in [6.07, 6.45) is 1.05. The third-order valence-electron chi connectivity index (χ3n) is 3.51. The largest absolute Gasteiger partial charge is 0.396 e. The molecule has 0 heterocycles. The summed E-state index contributed by atoms with van der Waals surface area (Å²) in [6.45, 7) is 13.5. The predicted octanol–water partition coefficient (Wildman–Crippen LogP) is 3.08. The zero-order valence-electron chi connectivity index (χ0n) is 9.44. The van der Waals surface area contributed by atoms with Gasteiger partial charge in [-0.1, -0.05) is 41.5 Å². The fourth-order valence-corrected chi connectivity index (χ4v) is 2.34. The van der Waals surface area contributed by atoms with E-state index >= 15 is 0 Å². The second-order valence-electron chi connectivity index (χ2n) is 5.07. The minimum atomic E-state index is 0.0764. The van der Waals surface area contributed by atoms with E-state index in [2.05, 4.69) is 41.5 Å². The first kappa shape index (κ1) is 12.0. The summed E-state index contributed by atoms with van der Waals surface area (Å²) in [5, 5.41) is 9.48. The fraction of sp³-hybridized carbons (Fsp3) is 1.00. The highest BCUT2D eigenvalue weighted by Gasteiger charge is 2.42. The molecule has 0 rings (SSSR count). The minimum absolute atomic E-state index is 0.0764. The van der Waals surface area contributed by atoms with Crippen LogP contribution >= 0.6 is 0 Å². The first-order valence-electron chi connectivity index (χ1n) is 4.92. The van der Waals surface area contributed by atoms with Gasteiger partial charge in [-0.15, -0.1) is 0 Å². The van der Waals surface area contributed by atoms with E-state index in [0.29, 0.717) is 12.5 Å². The number of hydrogen-bond donors (Lipinski definition) is 1. The molecule has 1 nitrogen and oxygen atoms in total. The second kappa shape index (κ2) is 3.78. The Morgan fingerprint density at radius 2 is 1.58 bits per heavy atom. The molecular formula is C11H24O. The predicted molar refractivity (Wildman–Crippen MR) is 54.1 cm³/mol. The molecule has 0 amide bonds. The highest BCUT2D eigenvalue weighted by atomic mass is 16.3. The molecule has 0 aromatic heterocycles. The van der Waals surface area contributed by atoms with Gasteiger partial charge in [0.15, 0.2) is 0 Å². The molecule has 0 aliphatic rings. The molecule has 12 heavy (non-hydrogen) atoms. The van der Waals surface area contributed by atoms with E-state index in [9.17, 15) is 5.11 Å². The van der Waals surface area contributed by atoms with Crippen molar-refractivity contribution in [2.45, 2.75) is 48.0 Å². The van der Waals surface area contributed by atoms with Crippen LogP contribution < -0.4 is 0 Å². The molecule has 74 valence electrons.